The van der Waals surface area contributed by atoms with Crippen molar-refractivity contribution in [2.75, 3.05) is 10.6 Å². The number of thiazole rings is 1. The number of hydrogen-bond donors (Lipinski definition) is 2. The fourth-order valence-electron chi connectivity index (χ4n) is 2.58. The third-order valence-corrected chi connectivity index (χ3v) is 5.95. The van der Waals surface area contributed by atoms with E-state index in [4.69, 9.17) is 34.7 Å². The molecule has 1 heterocycles. The summed E-state index contributed by atoms with van der Waals surface area (Å²) in [6, 6.07) is 9.10. The Morgan fingerprint density at radius 3 is 2.38 bits per heavy atom. The second-order valence-electron chi connectivity index (χ2n) is 6.09. The second kappa shape index (κ2) is 8.36. The highest BCUT2D eigenvalue weighted by Gasteiger charge is 2.27. The van der Waals surface area contributed by atoms with Crippen LogP contribution in [-0.4, -0.2) is 22.7 Å². The number of hydrogen-bond acceptors (Lipinski definition) is 6. The van der Waals surface area contributed by atoms with E-state index in [1.807, 2.05) is 0 Å². The average molecular weight is 453 g/mol. The van der Waals surface area contributed by atoms with E-state index in [1.54, 1.807) is 6.92 Å². The number of carbonyl (C=O) groups excluding carboxylic acids is 2. The van der Waals surface area contributed by atoms with Gasteiger partial charge in [-0.1, -0.05) is 34.5 Å². The zero-order chi connectivity index (χ0) is 21.3. The quantitative estimate of drug-likeness (QED) is 0.539. The highest BCUT2D eigenvalue weighted by Crippen LogP contribution is 2.36. The number of halogens is 3. The summed E-state index contributed by atoms with van der Waals surface area (Å²) < 4.78 is 13.3. The number of ketones is 1. The van der Waals surface area contributed by atoms with Crippen molar-refractivity contribution in [1.29, 1.82) is 0 Å². The van der Waals surface area contributed by atoms with Crippen LogP contribution in [-0.2, 0) is 4.79 Å². The molecule has 0 bridgehead atoms. The van der Waals surface area contributed by atoms with Crippen molar-refractivity contribution in [1.82, 2.24) is 4.98 Å². The smallest absolute Gasteiger partial charge is 0.240 e. The third kappa shape index (κ3) is 4.34. The fourth-order valence-corrected chi connectivity index (χ4v) is 3.93. The summed E-state index contributed by atoms with van der Waals surface area (Å²) >= 11 is 12.9. The van der Waals surface area contributed by atoms with Gasteiger partial charge in [-0.25, -0.2) is 9.37 Å². The summed E-state index contributed by atoms with van der Waals surface area (Å²) in [7, 11) is 0. The molecule has 1 amide bonds. The summed E-state index contributed by atoms with van der Waals surface area (Å²) in [5.41, 5.74) is 12.2. The summed E-state index contributed by atoms with van der Waals surface area (Å²) in [6.07, 6.45) is 0. The van der Waals surface area contributed by atoms with Gasteiger partial charge in [0.05, 0.1) is 10.0 Å². The molecule has 0 saturated heterocycles. The van der Waals surface area contributed by atoms with E-state index in [0.29, 0.717) is 10.7 Å². The molecule has 4 N–H and O–H groups in total. The van der Waals surface area contributed by atoms with Crippen molar-refractivity contribution in [3.63, 3.8) is 0 Å². The van der Waals surface area contributed by atoms with Gasteiger partial charge in [0, 0.05) is 11.3 Å². The lowest BCUT2D eigenvalue weighted by molar-refractivity contribution is -0.118. The van der Waals surface area contributed by atoms with E-state index in [1.165, 1.54) is 47.4 Å². The van der Waals surface area contributed by atoms with E-state index in [0.717, 1.165) is 11.3 Å². The monoisotopic (exact) mass is 452 g/mol. The topological polar surface area (TPSA) is 102 Å². The summed E-state index contributed by atoms with van der Waals surface area (Å²) in [5, 5.41) is 0.818. The summed E-state index contributed by atoms with van der Waals surface area (Å²) in [4.78, 5) is 30.6. The molecule has 0 radical (unpaired) electrons. The first kappa shape index (κ1) is 21.0. The van der Waals surface area contributed by atoms with Crippen LogP contribution in [0.2, 0.25) is 10.0 Å². The van der Waals surface area contributed by atoms with E-state index >= 15 is 0 Å². The van der Waals surface area contributed by atoms with E-state index in [9.17, 15) is 14.0 Å². The molecule has 0 aliphatic carbocycles. The van der Waals surface area contributed by atoms with Gasteiger partial charge in [-0.2, -0.15) is 0 Å². The standard InChI is InChI=1S/C19H15Cl2FN4O2S/c1-9(18(24)28)26(12-5-3-11(22)4-6-12)19-25-17(23)16(29-19)15(27)10-2-7-13(20)14(21)8-10/h2-9H,23H2,1H3,(H2,24,28). The highest BCUT2D eigenvalue weighted by molar-refractivity contribution is 7.18. The van der Waals surface area contributed by atoms with Crippen molar-refractivity contribution < 1.29 is 14.0 Å². The van der Waals surface area contributed by atoms with E-state index < -0.39 is 23.5 Å². The van der Waals surface area contributed by atoms with Crippen LogP contribution < -0.4 is 16.4 Å². The summed E-state index contributed by atoms with van der Waals surface area (Å²) in [5.74, 6) is -1.46. The Balaban J connectivity index is 2.04. The van der Waals surface area contributed by atoms with Crippen LogP contribution >= 0.6 is 34.5 Å². The predicted molar refractivity (Wildman–Crippen MR) is 114 cm³/mol. The van der Waals surface area contributed by atoms with Crippen LogP contribution in [0.15, 0.2) is 42.5 Å². The van der Waals surface area contributed by atoms with Crippen molar-refractivity contribution in [3.05, 3.63) is 68.8 Å². The minimum Gasteiger partial charge on any atom is -0.382 e. The Bertz CT molecular complexity index is 1090. The molecule has 2 aromatic carbocycles. The maximum absolute atomic E-state index is 13.3. The zero-order valence-electron chi connectivity index (χ0n) is 15.0. The molecule has 0 aliphatic rings. The molecular formula is C19H15Cl2FN4O2S. The number of nitrogens with two attached hydrogens (primary N) is 2. The molecular weight excluding hydrogens is 438 g/mol. The van der Waals surface area contributed by atoms with Gasteiger partial charge in [-0.05, 0) is 49.4 Å². The Labute approximate surface area is 179 Å². The Hall–Kier alpha value is -2.68. The first-order valence-corrected chi connectivity index (χ1v) is 9.86. The van der Waals surface area contributed by atoms with Gasteiger partial charge in [-0.15, -0.1) is 0 Å². The molecule has 0 saturated carbocycles. The van der Waals surface area contributed by atoms with Crippen molar-refractivity contribution in [2.24, 2.45) is 5.73 Å². The third-order valence-electron chi connectivity index (χ3n) is 4.14. The van der Waals surface area contributed by atoms with Crippen molar-refractivity contribution in [3.8, 4) is 0 Å². The lowest BCUT2D eigenvalue weighted by Crippen LogP contribution is -2.39. The Morgan fingerprint density at radius 1 is 1.14 bits per heavy atom. The predicted octanol–water partition coefficient (Wildman–Crippen LogP) is 4.41. The minimum atomic E-state index is -0.820. The number of nitrogen functional groups attached to an aromatic ring is 1. The van der Waals surface area contributed by atoms with Crippen LogP contribution in [0, 0.1) is 5.82 Å². The Kier molecular flexibility index (Phi) is 6.07. The zero-order valence-corrected chi connectivity index (χ0v) is 17.4. The second-order valence-corrected chi connectivity index (χ2v) is 7.89. The van der Waals surface area contributed by atoms with Crippen molar-refractivity contribution in [2.45, 2.75) is 13.0 Å². The molecule has 3 aromatic rings. The van der Waals surface area contributed by atoms with Gasteiger partial charge in [0.2, 0.25) is 11.7 Å². The number of carbonyl (C=O) groups is 2. The largest absolute Gasteiger partial charge is 0.382 e. The lowest BCUT2D eigenvalue weighted by atomic mass is 10.1. The molecule has 1 unspecified atom stereocenters. The number of primary amides is 1. The van der Waals surface area contributed by atoms with Crippen LogP contribution in [0.3, 0.4) is 0 Å². The molecule has 10 heteroatoms. The number of amides is 1. The normalized spacial score (nSPS) is 11.9. The molecule has 150 valence electrons. The average Bonchev–Trinajstić information content (AvgIpc) is 3.06. The van der Waals surface area contributed by atoms with Crippen LogP contribution in [0.1, 0.15) is 22.2 Å². The molecule has 0 aliphatic heterocycles. The minimum absolute atomic E-state index is 0.00939. The first-order valence-electron chi connectivity index (χ1n) is 8.29. The molecule has 0 fully saturated rings. The number of rotatable bonds is 6. The maximum Gasteiger partial charge on any atom is 0.240 e. The molecule has 1 aromatic heterocycles. The van der Waals surface area contributed by atoms with Gasteiger partial charge in [0.1, 0.15) is 22.6 Å². The molecule has 6 nitrogen and oxygen atoms in total. The van der Waals surface area contributed by atoms with E-state index in [2.05, 4.69) is 4.98 Å². The number of aromatic nitrogens is 1. The Morgan fingerprint density at radius 2 is 1.79 bits per heavy atom. The molecule has 1 atom stereocenters. The van der Waals surface area contributed by atoms with Gasteiger partial charge in [-0.3, -0.25) is 9.59 Å². The van der Waals surface area contributed by atoms with Gasteiger partial charge < -0.3 is 16.4 Å². The SMILES string of the molecule is CC(C(N)=O)N(c1ccc(F)cc1)c1nc(N)c(C(=O)c2ccc(Cl)c(Cl)c2)s1. The highest BCUT2D eigenvalue weighted by atomic mass is 35.5. The summed E-state index contributed by atoms with van der Waals surface area (Å²) in [6.45, 7) is 1.57. The van der Waals surface area contributed by atoms with Crippen molar-refractivity contribution >= 4 is 62.9 Å². The maximum atomic E-state index is 13.3. The van der Waals surface area contributed by atoms with Crippen LogP contribution in [0.4, 0.5) is 21.0 Å². The van der Waals surface area contributed by atoms with Gasteiger partial charge in [0.15, 0.2) is 5.13 Å². The number of nitrogens with zero attached hydrogens (tertiary/aromatic N) is 2. The molecule has 0 spiro atoms. The van der Waals surface area contributed by atoms with Gasteiger partial charge >= 0.3 is 0 Å². The molecule has 3 rings (SSSR count). The first-order chi connectivity index (χ1) is 13.7. The van der Waals surface area contributed by atoms with Crippen LogP contribution in [0.25, 0.3) is 0 Å². The van der Waals surface area contributed by atoms with Crippen LogP contribution in [0.5, 0.6) is 0 Å². The lowest BCUT2D eigenvalue weighted by Gasteiger charge is -2.26. The number of benzene rings is 2. The molecule has 29 heavy (non-hydrogen) atoms. The van der Waals surface area contributed by atoms with E-state index in [-0.39, 0.29) is 26.4 Å². The fraction of sp³-hybridized carbons (Fsp3) is 0.105. The van der Waals surface area contributed by atoms with Gasteiger partial charge in [0.25, 0.3) is 0 Å². The number of anilines is 3.